The van der Waals surface area contributed by atoms with Gasteiger partial charge in [-0.05, 0) is 42.8 Å². The zero-order valence-corrected chi connectivity index (χ0v) is 14.4. The van der Waals surface area contributed by atoms with Gasteiger partial charge in [0, 0.05) is 11.4 Å². The average Bonchev–Trinajstić information content (AvgIpc) is 2.91. The highest BCUT2D eigenvalue weighted by Crippen LogP contribution is 2.37. The van der Waals surface area contributed by atoms with Crippen molar-refractivity contribution in [1.29, 1.82) is 0 Å². The van der Waals surface area contributed by atoms with Gasteiger partial charge >= 0.3 is 0 Å². The second-order valence-corrected chi connectivity index (χ2v) is 8.60. The molecule has 118 valence electrons. The first-order chi connectivity index (χ1) is 10.6. The Balaban J connectivity index is 2.04. The Bertz CT molecular complexity index is 723. The van der Waals surface area contributed by atoms with Gasteiger partial charge in [0.2, 0.25) is 10.0 Å². The minimum atomic E-state index is -3.45. The van der Waals surface area contributed by atoms with Crippen molar-refractivity contribution >= 4 is 21.4 Å². The maximum atomic E-state index is 13.2. The summed E-state index contributed by atoms with van der Waals surface area (Å²) in [5.41, 5.74) is 0.816. The molecule has 0 saturated carbocycles. The van der Waals surface area contributed by atoms with Gasteiger partial charge in [-0.3, -0.25) is 0 Å². The van der Waals surface area contributed by atoms with Crippen molar-refractivity contribution in [2.45, 2.75) is 43.5 Å². The fraction of sp³-hybridized carbons (Fsp3) is 0.412. The number of nitrogens with zero attached hydrogens (tertiary/aromatic N) is 1. The SMILES string of the molecule is Cc1ccccc1S(=O)(=O)N1CCCCC[C@@H]1c1cccs1. The van der Waals surface area contributed by atoms with Crippen LogP contribution in [0.5, 0.6) is 0 Å². The van der Waals surface area contributed by atoms with Gasteiger partial charge in [0.15, 0.2) is 0 Å². The summed E-state index contributed by atoms with van der Waals surface area (Å²) < 4.78 is 28.1. The summed E-state index contributed by atoms with van der Waals surface area (Å²) in [5.74, 6) is 0. The van der Waals surface area contributed by atoms with Crippen LogP contribution in [-0.4, -0.2) is 19.3 Å². The minimum Gasteiger partial charge on any atom is -0.207 e. The van der Waals surface area contributed by atoms with Crippen LogP contribution < -0.4 is 0 Å². The lowest BCUT2D eigenvalue weighted by Gasteiger charge is -2.29. The predicted molar refractivity (Wildman–Crippen MR) is 90.6 cm³/mol. The molecule has 0 amide bonds. The summed E-state index contributed by atoms with van der Waals surface area (Å²) in [6.45, 7) is 2.48. The highest BCUT2D eigenvalue weighted by molar-refractivity contribution is 7.89. The van der Waals surface area contributed by atoms with E-state index in [0.717, 1.165) is 36.1 Å². The summed E-state index contributed by atoms with van der Waals surface area (Å²) in [7, 11) is -3.45. The molecule has 0 bridgehead atoms. The first-order valence-electron chi connectivity index (χ1n) is 7.71. The molecule has 2 heterocycles. The van der Waals surface area contributed by atoms with Crippen molar-refractivity contribution < 1.29 is 8.42 Å². The van der Waals surface area contributed by atoms with Gasteiger partial charge in [-0.1, -0.05) is 37.1 Å². The van der Waals surface area contributed by atoms with Crippen LogP contribution in [0.2, 0.25) is 0 Å². The quantitative estimate of drug-likeness (QED) is 0.835. The van der Waals surface area contributed by atoms with Crippen LogP contribution in [-0.2, 0) is 10.0 Å². The zero-order chi connectivity index (χ0) is 15.6. The number of hydrogen-bond donors (Lipinski definition) is 0. The monoisotopic (exact) mass is 335 g/mol. The highest BCUT2D eigenvalue weighted by Gasteiger charge is 2.34. The molecule has 0 spiro atoms. The Hall–Kier alpha value is -1.17. The third-order valence-electron chi connectivity index (χ3n) is 4.26. The van der Waals surface area contributed by atoms with Gasteiger partial charge in [0.1, 0.15) is 0 Å². The second-order valence-electron chi connectivity index (χ2n) is 5.76. The maximum absolute atomic E-state index is 13.2. The molecule has 1 aliphatic rings. The lowest BCUT2D eigenvalue weighted by molar-refractivity contribution is 0.333. The fourth-order valence-electron chi connectivity index (χ4n) is 3.11. The third kappa shape index (κ3) is 2.98. The maximum Gasteiger partial charge on any atom is 0.243 e. The molecular formula is C17H21NO2S2. The van der Waals surface area contributed by atoms with Gasteiger partial charge in [-0.2, -0.15) is 4.31 Å². The van der Waals surface area contributed by atoms with Crippen LogP contribution >= 0.6 is 11.3 Å². The summed E-state index contributed by atoms with van der Waals surface area (Å²) in [6, 6.07) is 11.3. The first-order valence-corrected chi connectivity index (χ1v) is 10.0. The molecule has 22 heavy (non-hydrogen) atoms. The second kappa shape index (κ2) is 6.52. The Morgan fingerprint density at radius 2 is 1.91 bits per heavy atom. The molecule has 3 rings (SSSR count). The van der Waals surface area contributed by atoms with Crippen LogP contribution in [0.4, 0.5) is 0 Å². The van der Waals surface area contributed by atoms with E-state index < -0.39 is 10.0 Å². The van der Waals surface area contributed by atoms with Crippen LogP contribution in [0.1, 0.15) is 42.2 Å². The van der Waals surface area contributed by atoms with E-state index in [-0.39, 0.29) is 6.04 Å². The number of rotatable bonds is 3. The molecule has 1 atom stereocenters. The first kappa shape index (κ1) is 15.7. The molecule has 0 aliphatic carbocycles. The molecule has 1 aromatic heterocycles. The van der Waals surface area contributed by atoms with Gasteiger partial charge in [-0.15, -0.1) is 11.3 Å². The molecular weight excluding hydrogens is 314 g/mol. The minimum absolute atomic E-state index is 0.0212. The normalized spacial score (nSPS) is 20.7. The standard InChI is InChI=1S/C17H21NO2S2/c1-14-8-4-5-11-17(14)22(19,20)18-12-6-2-3-9-15(18)16-10-7-13-21-16/h4-5,7-8,10-11,13,15H,2-3,6,9,12H2,1H3/t15-/m1/s1. The smallest absolute Gasteiger partial charge is 0.207 e. The number of benzene rings is 1. The van der Waals surface area contributed by atoms with E-state index in [9.17, 15) is 8.42 Å². The third-order valence-corrected chi connectivity index (χ3v) is 7.30. The van der Waals surface area contributed by atoms with E-state index in [1.807, 2.05) is 30.5 Å². The van der Waals surface area contributed by atoms with E-state index in [0.29, 0.717) is 11.4 Å². The Kier molecular flexibility index (Phi) is 4.66. The molecule has 3 nitrogen and oxygen atoms in total. The number of hydrogen-bond acceptors (Lipinski definition) is 3. The molecule has 5 heteroatoms. The number of thiophene rings is 1. The summed E-state index contributed by atoms with van der Waals surface area (Å²) in [5, 5.41) is 2.03. The molecule has 1 fully saturated rings. The topological polar surface area (TPSA) is 37.4 Å². The van der Waals surface area contributed by atoms with Gasteiger partial charge in [0.05, 0.1) is 10.9 Å². The highest BCUT2D eigenvalue weighted by atomic mass is 32.2. The van der Waals surface area contributed by atoms with Crippen molar-refractivity contribution in [3.8, 4) is 0 Å². The number of sulfonamides is 1. The van der Waals surface area contributed by atoms with E-state index >= 15 is 0 Å². The molecule has 1 saturated heterocycles. The lowest BCUT2D eigenvalue weighted by Crippen LogP contribution is -2.34. The number of aryl methyl sites for hydroxylation is 1. The Morgan fingerprint density at radius 1 is 1.09 bits per heavy atom. The average molecular weight is 335 g/mol. The van der Waals surface area contributed by atoms with Crippen molar-refractivity contribution in [2.24, 2.45) is 0 Å². The summed E-state index contributed by atoms with van der Waals surface area (Å²) in [6.07, 6.45) is 4.03. The van der Waals surface area contributed by atoms with E-state index in [4.69, 9.17) is 0 Å². The van der Waals surface area contributed by atoms with Crippen LogP contribution in [0.15, 0.2) is 46.7 Å². The lowest BCUT2D eigenvalue weighted by atomic mass is 10.1. The largest absolute Gasteiger partial charge is 0.243 e. The molecule has 0 N–H and O–H groups in total. The zero-order valence-electron chi connectivity index (χ0n) is 12.7. The Morgan fingerprint density at radius 3 is 2.64 bits per heavy atom. The van der Waals surface area contributed by atoms with Crippen LogP contribution in [0.25, 0.3) is 0 Å². The molecule has 0 radical (unpaired) electrons. The van der Waals surface area contributed by atoms with Crippen molar-refractivity contribution in [1.82, 2.24) is 4.31 Å². The van der Waals surface area contributed by atoms with E-state index in [1.54, 1.807) is 27.8 Å². The van der Waals surface area contributed by atoms with E-state index in [2.05, 4.69) is 6.07 Å². The van der Waals surface area contributed by atoms with Gasteiger partial charge in [0.25, 0.3) is 0 Å². The van der Waals surface area contributed by atoms with Crippen molar-refractivity contribution in [2.75, 3.05) is 6.54 Å². The van der Waals surface area contributed by atoms with Gasteiger partial charge < -0.3 is 0 Å². The molecule has 0 unspecified atom stereocenters. The van der Waals surface area contributed by atoms with Crippen LogP contribution in [0.3, 0.4) is 0 Å². The van der Waals surface area contributed by atoms with Crippen LogP contribution in [0, 0.1) is 6.92 Å². The molecule has 1 aromatic carbocycles. The fourth-order valence-corrected chi connectivity index (χ4v) is 5.95. The summed E-state index contributed by atoms with van der Waals surface area (Å²) in [4.78, 5) is 1.59. The van der Waals surface area contributed by atoms with Crippen molar-refractivity contribution in [3.05, 3.63) is 52.2 Å². The summed E-state index contributed by atoms with van der Waals surface area (Å²) >= 11 is 1.65. The van der Waals surface area contributed by atoms with Gasteiger partial charge in [-0.25, -0.2) is 8.42 Å². The molecule has 1 aliphatic heterocycles. The van der Waals surface area contributed by atoms with Crippen molar-refractivity contribution in [3.63, 3.8) is 0 Å². The molecule has 2 aromatic rings. The van der Waals surface area contributed by atoms with E-state index in [1.165, 1.54) is 0 Å². The predicted octanol–water partition coefficient (Wildman–Crippen LogP) is 4.36. The Labute approximate surface area is 136 Å².